The Balaban J connectivity index is 1.68. The number of hydrogen-bond acceptors (Lipinski definition) is 3. The van der Waals surface area contributed by atoms with E-state index in [0.717, 1.165) is 18.3 Å². The van der Waals surface area contributed by atoms with Crippen LogP contribution >= 0.6 is 0 Å². The SMILES string of the molecule is CCCC1CCC(NCc2ncn(C)n2)CC1. The highest BCUT2D eigenvalue weighted by Gasteiger charge is 2.20. The highest BCUT2D eigenvalue weighted by Crippen LogP contribution is 2.27. The molecule has 1 aliphatic rings. The minimum Gasteiger partial charge on any atom is -0.307 e. The topological polar surface area (TPSA) is 42.7 Å². The third-order valence-electron chi connectivity index (χ3n) is 3.74. The van der Waals surface area contributed by atoms with E-state index in [4.69, 9.17) is 0 Å². The smallest absolute Gasteiger partial charge is 0.164 e. The molecule has 1 N–H and O–H groups in total. The fourth-order valence-electron chi connectivity index (χ4n) is 2.76. The molecule has 0 amide bonds. The molecule has 2 rings (SSSR count). The fraction of sp³-hybridized carbons (Fsp3) is 0.846. The van der Waals surface area contributed by atoms with E-state index in [1.807, 2.05) is 7.05 Å². The zero-order chi connectivity index (χ0) is 12.1. The molecule has 1 saturated carbocycles. The average molecular weight is 236 g/mol. The number of nitrogens with one attached hydrogen (secondary N) is 1. The predicted octanol–water partition coefficient (Wildman–Crippen LogP) is 2.26. The minimum atomic E-state index is 0.673. The van der Waals surface area contributed by atoms with Gasteiger partial charge in [0.25, 0.3) is 0 Å². The largest absolute Gasteiger partial charge is 0.307 e. The van der Waals surface area contributed by atoms with Gasteiger partial charge in [0.2, 0.25) is 0 Å². The number of rotatable bonds is 5. The molecule has 4 nitrogen and oxygen atoms in total. The second-order valence-electron chi connectivity index (χ2n) is 5.22. The van der Waals surface area contributed by atoms with Crippen LogP contribution in [0.15, 0.2) is 6.33 Å². The van der Waals surface area contributed by atoms with E-state index in [-0.39, 0.29) is 0 Å². The maximum Gasteiger partial charge on any atom is 0.164 e. The molecular weight excluding hydrogens is 212 g/mol. The second kappa shape index (κ2) is 6.15. The first kappa shape index (κ1) is 12.6. The van der Waals surface area contributed by atoms with Crippen molar-refractivity contribution in [3.05, 3.63) is 12.2 Å². The Morgan fingerprint density at radius 2 is 2.12 bits per heavy atom. The van der Waals surface area contributed by atoms with Crippen LogP contribution in [0.1, 0.15) is 51.3 Å². The van der Waals surface area contributed by atoms with Crippen molar-refractivity contribution in [1.29, 1.82) is 0 Å². The molecule has 0 aromatic carbocycles. The van der Waals surface area contributed by atoms with Crippen molar-refractivity contribution in [3.63, 3.8) is 0 Å². The molecule has 0 radical (unpaired) electrons. The Bertz CT molecular complexity index is 326. The van der Waals surface area contributed by atoms with Gasteiger partial charge in [0, 0.05) is 13.1 Å². The van der Waals surface area contributed by atoms with Crippen LogP contribution in [-0.2, 0) is 13.6 Å². The zero-order valence-electron chi connectivity index (χ0n) is 11.0. The summed E-state index contributed by atoms with van der Waals surface area (Å²) in [5.41, 5.74) is 0. The molecule has 96 valence electrons. The molecule has 1 aromatic rings. The molecule has 1 fully saturated rings. The second-order valence-corrected chi connectivity index (χ2v) is 5.22. The molecule has 0 bridgehead atoms. The average Bonchev–Trinajstić information content (AvgIpc) is 2.75. The van der Waals surface area contributed by atoms with Crippen molar-refractivity contribution >= 4 is 0 Å². The molecule has 0 atom stereocenters. The zero-order valence-corrected chi connectivity index (χ0v) is 11.0. The molecule has 0 saturated heterocycles. The first-order chi connectivity index (χ1) is 8.28. The van der Waals surface area contributed by atoms with Crippen molar-refractivity contribution in [1.82, 2.24) is 20.1 Å². The Hall–Kier alpha value is -0.900. The number of nitrogens with zero attached hydrogens (tertiary/aromatic N) is 3. The number of hydrogen-bond donors (Lipinski definition) is 1. The summed E-state index contributed by atoms with van der Waals surface area (Å²) in [6.45, 7) is 3.10. The van der Waals surface area contributed by atoms with Gasteiger partial charge in [-0.2, -0.15) is 5.10 Å². The summed E-state index contributed by atoms with van der Waals surface area (Å²) in [5, 5.41) is 7.86. The lowest BCUT2D eigenvalue weighted by atomic mass is 9.83. The van der Waals surface area contributed by atoms with Crippen LogP contribution in [-0.4, -0.2) is 20.8 Å². The van der Waals surface area contributed by atoms with Gasteiger partial charge >= 0.3 is 0 Å². The predicted molar refractivity (Wildman–Crippen MR) is 68.5 cm³/mol. The monoisotopic (exact) mass is 236 g/mol. The summed E-state index contributed by atoms with van der Waals surface area (Å²) >= 11 is 0. The van der Waals surface area contributed by atoms with E-state index in [9.17, 15) is 0 Å². The van der Waals surface area contributed by atoms with Gasteiger partial charge in [0.05, 0.1) is 6.54 Å². The highest BCUT2D eigenvalue weighted by atomic mass is 15.3. The van der Waals surface area contributed by atoms with Crippen LogP contribution in [0.5, 0.6) is 0 Å². The van der Waals surface area contributed by atoms with Gasteiger partial charge < -0.3 is 5.32 Å². The van der Waals surface area contributed by atoms with Crippen molar-refractivity contribution in [2.24, 2.45) is 13.0 Å². The van der Waals surface area contributed by atoms with Crippen LogP contribution in [0.3, 0.4) is 0 Å². The van der Waals surface area contributed by atoms with Crippen LogP contribution in [0.4, 0.5) is 0 Å². The van der Waals surface area contributed by atoms with Gasteiger partial charge in [-0.05, 0) is 31.6 Å². The van der Waals surface area contributed by atoms with Crippen LogP contribution in [0.2, 0.25) is 0 Å². The summed E-state index contributed by atoms with van der Waals surface area (Å²) in [7, 11) is 1.91. The molecule has 0 aliphatic heterocycles. The van der Waals surface area contributed by atoms with E-state index < -0.39 is 0 Å². The van der Waals surface area contributed by atoms with E-state index in [1.54, 1.807) is 11.0 Å². The summed E-state index contributed by atoms with van der Waals surface area (Å²) in [6, 6.07) is 0.673. The van der Waals surface area contributed by atoms with Crippen molar-refractivity contribution in [2.45, 2.75) is 58.0 Å². The maximum atomic E-state index is 4.28. The van der Waals surface area contributed by atoms with E-state index in [0.29, 0.717) is 6.04 Å². The van der Waals surface area contributed by atoms with E-state index in [1.165, 1.54) is 38.5 Å². The lowest BCUT2D eigenvalue weighted by Crippen LogP contribution is -2.33. The summed E-state index contributed by atoms with van der Waals surface area (Å²) in [5.74, 6) is 1.88. The number of aryl methyl sites for hydroxylation is 1. The Morgan fingerprint density at radius 1 is 1.35 bits per heavy atom. The summed E-state index contributed by atoms with van der Waals surface area (Å²) in [6.07, 6.45) is 9.92. The standard InChI is InChI=1S/C13H24N4/c1-3-4-11-5-7-12(8-6-11)14-9-13-15-10-17(2)16-13/h10-12,14H,3-9H2,1-2H3. The fourth-order valence-corrected chi connectivity index (χ4v) is 2.76. The molecule has 0 spiro atoms. The Labute approximate surface area is 104 Å². The molecule has 1 aliphatic carbocycles. The molecule has 0 unspecified atom stereocenters. The van der Waals surface area contributed by atoms with Gasteiger partial charge in [0.15, 0.2) is 5.82 Å². The maximum absolute atomic E-state index is 4.28. The normalized spacial score (nSPS) is 25.1. The minimum absolute atomic E-state index is 0.673. The summed E-state index contributed by atoms with van der Waals surface area (Å²) < 4.78 is 1.76. The van der Waals surface area contributed by atoms with Gasteiger partial charge in [-0.3, -0.25) is 4.68 Å². The lowest BCUT2D eigenvalue weighted by Gasteiger charge is -2.28. The molecule has 1 heterocycles. The quantitative estimate of drug-likeness (QED) is 0.852. The van der Waals surface area contributed by atoms with Crippen molar-refractivity contribution in [2.75, 3.05) is 0 Å². The van der Waals surface area contributed by atoms with Crippen LogP contribution < -0.4 is 5.32 Å². The van der Waals surface area contributed by atoms with E-state index in [2.05, 4.69) is 22.3 Å². The van der Waals surface area contributed by atoms with Crippen LogP contribution in [0, 0.1) is 5.92 Å². The Kier molecular flexibility index (Phi) is 4.54. The van der Waals surface area contributed by atoms with Crippen molar-refractivity contribution in [3.8, 4) is 0 Å². The highest BCUT2D eigenvalue weighted by molar-refractivity contribution is 4.83. The summed E-state index contributed by atoms with van der Waals surface area (Å²) in [4.78, 5) is 4.23. The van der Waals surface area contributed by atoms with Crippen LogP contribution in [0.25, 0.3) is 0 Å². The van der Waals surface area contributed by atoms with Gasteiger partial charge in [-0.1, -0.05) is 19.8 Å². The van der Waals surface area contributed by atoms with Gasteiger partial charge in [0.1, 0.15) is 6.33 Å². The molecular formula is C13H24N4. The number of aromatic nitrogens is 3. The first-order valence-electron chi connectivity index (χ1n) is 6.85. The molecule has 17 heavy (non-hydrogen) atoms. The Morgan fingerprint density at radius 3 is 2.71 bits per heavy atom. The van der Waals surface area contributed by atoms with E-state index >= 15 is 0 Å². The lowest BCUT2D eigenvalue weighted by molar-refractivity contribution is 0.276. The molecule has 1 aromatic heterocycles. The third kappa shape index (κ3) is 3.80. The first-order valence-corrected chi connectivity index (χ1v) is 6.85. The third-order valence-corrected chi connectivity index (χ3v) is 3.74. The van der Waals surface area contributed by atoms with Crippen molar-refractivity contribution < 1.29 is 0 Å². The van der Waals surface area contributed by atoms with Gasteiger partial charge in [-0.15, -0.1) is 0 Å². The van der Waals surface area contributed by atoms with Gasteiger partial charge in [-0.25, -0.2) is 4.98 Å². The molecule has 4 heteroatoms.